The lowest BCUT2D eigenvalue weighted by molar-refractivity contribution is -0.208. The summed E-state index contributed by atoms with van der Waals surface area (Å²) in [4.78, 5) is 12.5. The lowest BCUT2D eigenvalue weighted by Gasteiger charge is -2.28. The van der Waals surface area contributed by atoms with Crippen LogP contribution in [-0.2, 0) is 14.3 Å². The Balaban J connectivity index is 1.75. The summed E-state index contributed by atoms with van der Waals surface area (Å²) in [5.41, 5.74) is 0.363. The summed E-state index contributed by atoms with van der Waals surface area (Å²) in [5.74, 6) is -0.0130. The zero-order valence-corrected chi connectivity index (χ0v) is 19.1. The van der Waals surface area contributed by atoms with Gasteiger partial charge in [-0.1, -0.05) is 58.8 Å². The quantitative estimate of drug-likeness (QED) is 0.211. The summed E-state index contributed by atoms with van der Waals surface area (Å²) in [5, 5.41) is 9.42. The van der Waals surface area contributed by atoms with E-state index in [1.54, 1.807) is 18.2 Å². The fourth-order valence-corrected chi connectivity index (χ4v) is 3.46. The summed E-state index contributed by atoms with van der Waals surface area (Å²) >= 11 is 0. The molecule has 1 aliphatic heterocycles. The van der Waals surface area contributed by atoms with Crippen LogP contribution in [0.1, 0.15) is 83.6 Å². The molecule has 0 bridgehead atoms. The molecule has 1 fully saturated rings. The van der Waals surface area contributed by atoms with Gasteiger partial charge in [-0.05, 0) is 31.4 Å². The molecule has 6 nitrogen and oxygen atoms in total. The van der Waals surface area contributed by atoms with Crippen molar-refractivity contribution in [3.05, 3.63) is 23.8 Å². The molecule has 0 aromatic heterocycles. The minimum Gasteiger partial charge on any atom is -0.492 e. The van der Waals surface area contributed by atoms with Crippen LogP contribution >= 0.6 is 0 Å². The highest BCUT2D eigenvalue weighted by Gasteiger charge is 2.29. The van der Waals surface area contributed by atoms with Crippen LogP contribution in [0, 0.1) is 17.2 Å². The fraction of sp³-hybridized carbons (Fsp3) is 0.680. The SMILES string of the molecule is CCCCCCCOc1ccc(OC(=O)C2COC(CCCCCC)OC2)cc1C#N. The number of ether oxygens (including phenoxy) is 4. The van der Waals surface area contributed by atoms with E-state index in [1.807, 2.05) is 0 Å². The maximum Gasteiger partial charge on any atom is 0.319 e. The lowest BCUT2D eigenvalue weighted by atomic mass is 10.1. The molecule has 0 radical (unpaired) electrons. The van der Waals surface area contributed by atoms with Crippen molar-refractivity contribution >= 4 is 5.97 Å². The van der Waals surface area contributed by atoms with Gasteiger partial charge in [-0.2, -0.15) is 5.26 Å². The monoisotopic (exact) mass is 431 g/mol. The van der Waals surface area contributed by atoms with Crippen molar-refractivity contribution in [1.29, 1.82) is 5.26 Å². The Morgan fingerprint density at radius 1 is 1.03 bits per heavy atom. The summed E-state index contributed by atoms with van der Waals surface area (Å²) in [7, 11) is 0. The van der Waals surface area contributed by atoms with Crippen molar-refractivity contribution in [1.82, 2.24) is 0 Å². The van der Waals surface area contributed by atoms with Crippen LogP contribution < -0.4 is 9.47 Å². The molecule has 0 saturated carbocycles. The number of carbonyl (C=O) groups is 1. The van der Waals surface area contributed by atoms with Crippen LogP contribution in [0.15, 0.2) is 18.2 Å². The van der Waals surface area contributed by atoms with E-state index < -0.39 is 11.9 Å². The van der Waals surface area contributed by atoms with E-state index in [1.165, 1.54) is 38.5 Å². The van der Waals surface area contributed by atoms with Gasteiger partial charge in [0.05, 0.1) is 25.4 Å². The number of nitrogens with zero attached hydrogens (tertiary/aromatic N) is 1. The second-order valence-electron chi connectivity index (χ2n) is 8.10. The highest BCUT2D eigenvalue weighted by molar-refractivity contribution is 5.75. The van der Waals surface area contributed by atoms with Gasteiger partial charge in [-0.15, -0.1) is 0 Å². The number of hydrogen-bond donors (Lipinski definition) is 0. The highest BCUT2D eigenvalue weighted by atomic mass is 16.7. The summed E-state index contributed by atoms with van der Waals surface area (Å²) in [6.07, 6.45) is 11.0. The molecule has 6 heteroatoms. The van der Waals surface area contributed by atoms with Crippen molar-refractivity contribution in [2.24, 2.45) is 5.92 Å². The first-order valence-corrected chi connectivity index (χ1v) is 11.8. The Kier molecular flexibility index (Phi) is 12.0. The Hall–Kier alpha value is -2.10. The highest BCUT2D eigenvalue weighted by Crippen LogP contribution is 2.25. The molecular weight excluding hydrogens is 394 g/mol. The first-order chi connectivity index (χ1) is 15.2. The van der Waals surface area contributed by atoms with Gasteiger partial charge in [0.2, 0.25) is 0 Å². The molecule has 1 aromatic carbocycles. The predicted octanol–water partition coefficient (Wildman–Crippen LogP) is 5.77. The maximum atomic E-state index is 12.5. The van der Waals surface area contributed by atoms with Gasteiger partial charge in [0, 0.05) is 6.07 Å². The van der Waals surface area contributed by atoms with Gasteiger partial charge in [-0.25, -0.2) is 0 Å². The normalized spacial score (nSPS) is 18.4. The van der Waals surface area contributed by atoms with E-state index >= 15 is 0 Å². The summed E-state index contributed by atoms with van der Waals surface area (Å²) < 4.78 is 22.6. The molecule has 0 unspecified atom stereocenters. The largest absolute Gasteiger partial charge is 0.492 e. The zero-order chi connectivity index (χ0) is 22.3. The first kappa shape index (κ1) is 25.2. The van der Waals surface area contributed by atoms with Gasteiger partial charge in [-0.3, -0.25) is 4.79 Å². The van der Waals surface area contributed by atoms with Crippen LogP contribution in [0.2, 0.25) is 0 Å². The predicted molar refractivity (Wildman–Crippen MR) is 119 cm³/mol. The molecule has 0 spiro atoms. The number of unbranched alkanes of at least 4 members (excludes halogenated alkanes) is 7. The van der Waals surface area contributed by atoms with Crippen molar-refractivity contribution in [3.8, 4) is 17.6 Å². The van der Waals surface area contributed by atoms with Crippen LogP contribution in [0.3, 0.4) is 0 Å². The van der Waals surface area contributed by atoms with Crippen LogP contribution in [-0.4, -0.2) is 32.1 Å². The minimum atomic E-state index is -0.462. The number of hydrogen-bond acceptors (Lipinski definition) is 6. The van der Waals surface area contributed by atoms with Gasteiger partial charge >= 0.3 is 5.97 Å². The van der Waals surface area contributed by atoms with E-state index in [-0.39, 0.29) is 6.29 Å². The van der Waals surface area contributed by atoms with Crippen LogP contribution in [0.25, 0.3) is 0 Å². The van der Waals surface area contributed by atoms with Gasteiger partial charge < -0.3 is 18.9 Å². The third-order valence-electron chi connectivity index (χ3n) is 5.39. The molecule has 0 aliphatic carbocycles. The third-order valence-corrected chi connectivity index (χ3v) is 5.39. The first-order valence-electron chi connectivity index (χ1n) is 11.8. The number of esters is 1. The van der Waals surface area contributed by atoms with Gasteiger partial charge in [0.1, 0.15) is 23.5 Å². The summed E-state index contributed by atoms with van der Waals surface area (Å²) in [6.45, 7) is 5.53. The van der Waals surface area contributed by atoms with Crippen molar-refractivity contribution in [2.45, 2.75) is 84.3 Å². The van der Waals surface area contributed by atoms with Crippen molar-refractivity contribution < 1.29 is 23.7 Å². The Bertz CT molecular complexity index is 692. The topological polar surface area (TPSA) is 77.8 Å². The number of carbonyl (C=O) groups excluding carboxylic acids is 1. The van der Waals surface area contributed by atoms with Crippen molar-refractivity contribution in [3.63, 3.8) is 0 Å². The molecular formula is C25H37NO5. The smallest absolute Gasteiger partial charge is 0.319 e. The second kappa shape index (κ2) is 14.8. The van der Waals surface area contributed by atoms with E-state index in [2.05, 4.69) is 19.9 Å². The average Bonchev–Trinajstić information content (AvgIpc) is 2.80. The minimum absolute atomic E-state index is 0.232. The Morgan fingerprint density at radius 3 is 2.39 bits per heavy atom. The second-order valence-corrected chi connectivity index (χ2v) is 8.10. The van der Waals surface area contributed by atoms with Crippen LogP contribution in [0.5, 0.6) is 11.5 Å². The molecule has 0 N–H and O–H groups in total. The van der Waals surface area contributed by atoms with Crippen molar-refractivity contribution in [2.75, 3.05) is 19.8 Å². The molecule has 1 heterocycles. The third kappa shape index (κ3) is 9.28. The number of rotatable bonds is 14. The van der Waals surface area contributed by atoms with Crippen LogP contribution in [0.4, 0.5) is 0 Å². The molecule has 31 heavy (non-hydrogen) atoms. The van der Waals surface area contributed by atoms with E-state index in [0.29, 0.717) is 36.9 Å². The molecule has 1 aliphatic rings. The van der Waals surface area contributed by atoms with E-state index in [9.17, 15) is 10.1 Å². The van der Waals surface area contributed by atoms with Gasteiger partial charge in [0.15, 0.2) is 6.29 Å². The fourth-order valence-electron chi connectivity index (χ4n) is 3.46. The molecule has 2 rings (SSSR count). The maximum absolute atomic E-state index is 12.5. The Morgan fingerprint density at radius 2 is 1.71 bits per heavy atom. The van der Waals surface area contributed by atoms with E-state index in [4.69, 9.17) is 18.9 Å². The standard InChI is InChI=1S/C25H37NO5/c1-3-5-7-9-11-15-28-23-14-13-22(16-20(23)17-26)31-25(27)21-18-29-24(30-19-21)12-10-8-6-4-2/h13-14,16,21,24H,3-12,15,18-19H2,1-2H3. The molecule has 0 atom stereocenters. The number of benzene rings is 1. The molecule has 172 valence electrons. The molecule has 1 saturated heterocycles. The summed E-state index contributed by atoms with van der Waals surface area (Å²) in [6, 6.07) is 7.01. The zero-order valence-electron chi connectivity index (χ0n) is 19.1. The molecule has 1 aromatic rings. The molecule has 0 amide bonds. The average molecular weight is 432 g/mol. The van der Waals surface area contributed by atoms with Gasteiger partial charge in [0.25, 0.3) is 0 Å². The Labute approximate surface area is 186 Å². The van der Waals surface area contributed by atoms with E-state index in [0.717, 1.165) is 25.7 Å². The number of nitriles is 1. The lowest BCUT2D eigenvalue weighted by Crippen LogP contribution is -2.38.